The summed E-state index contributed by atoms with van der Waals surface area (Å²) in [5, 5.41) is 3.39. The molecule has 0 radical (unpaired) electrons. The number of benzene rings is 3. The normalized spacial score (nSPS) is 12.0. The lowest BCUT2D eigenvalue weighted by atomic mass is 10.0. The van der Waals surface area contributed by atoms with Crippen molar-refractivity contribution in [1.82, 2.24) is 10.2 Å². The van der Waals surface area contributed by atoms with Gasteiger partial charge in [-0.05, 0) is 42.2 Å². The molecule has 3 aromatic rings. The lowest BCUT2D eigenvalue weighted by molar-refractivity contribution is -0.141. The lowest BCUT2D eigenvalue weighted by Crippen LogP contribution is -2.50. The molecule has 11 heteroatoms. The molecule has 1 atom stereocenters. The van der Waals surface area contributed by atoms with Crippen molar-refractivity contribution in [3.8, 4) is 0 Å². The number of unbranched alkanes of at least 4 members (excludes halogenated alkanes) is 1. The maximum absolute atomic E-state index is 13.9. The van der Waals surface area contributed by atoms with Gasteiger partial charge in [0.25, 0.3) is 0 Å². The van der Waals surface area contributed by atoms with E-state index in [2.05, 4.69) is 5.32 Å². The van der Waals surface area contributed by atoms with Gasteiger partial charge in [-0.1, -0.05) is 73.5 Å². The number of nitrogens with zero attached hydrogens (tertiary/aromatic N) is 2. The fourth-order valence-electron chi connectivity index (χ4n) is 4.51. The van der Waals surface area contributed by atoms with E-state index >= 15 is 0 Å². The molecule has 0 aliphatic heterocycles. The highest BCUT2D eigenvalue weighted by molar-refractivity contribution is 7.92. The van der Waals surface area contributed by atoms with Gasteiger partial charge in [0.1, 0.15) is 6.04 Å². The Balaban J connectivity index is 1.88. The van der Waals surface area contributed by atoms with Crippen LogP contribution in [0.3, 0.4) is 0 Å². The van der Waals surface area contributed by atoms with E-state index in [1.807, 2.05) is 37.3 Å². The molecule has 0 saturated heterocycles. The Morgan fingerprint density at radius 2 is 1.64 bits per heavy atom. The summed E-state index contributed by atoms with van der Waals surface area (Å²) in [5.74, 6) is -2.95. The molecule has 3 aromatic carbocycles. The summed E-state index contributed by atoms with van der Waals surface area (Å²) < 4.78 is 53.3. The van der Waals surface area contributed by atoms with Gasteiger partial charge in [0.2, 0.25) is 21.8 Å². The van der Waals surface area contributed by atoms with Crippen LogP contribution in [0.5, 0.6) is 0 Å². The van der Waals surface area contributed by atoms with Crippen molar-refractivity contribution < 1.29 is 26.8 Å². The summed E-state index contributed by atoms with van der Waals surface area (Å²) in [5.41, 5.74) is 1.48. The van der Waals surface area contributed by atoms with E-state index in [9.17, 15) is 26.8 Å². The topological polar surface area (TPSA) is 86.8 Å². The first-order valence-corrected chi connectivity index (χ1v) is 16.0. The molecule has 0 saturated carbocycles. The van der Waals surface area contributed by atoms with Crippen molar-refractivity contribution >= 4 is 39.1 Å². The van der Waals surface area contributed by atoms with Gasteiger partial charge in [0.05, 0.1) is 11.9 Å². The number of carbonyl (C=O) groups is 2. The first-order chi connectivity index (χ1) is 20.0. The van der Waals surface area contributed by atoms with Gasteiger partial charge in [-0.2, -0.15) is 0 Å². The third-order valence-corrected chi connectivity index (χ3v) is 8.31. The van der Waals surface area contributed by atoms with Gasteiger partial charge in [-0.25, -0.2) is 17.2 Å². The van der Waals surface area contributed by atoms with Crippen LogP contribution in [0.2, 0.25) is 5.02 Å². The summed E-state index contributed by atoms with van der Waals surface area (Å²) in [6.45, 7) is 2.39. The number of nitrogens with one attached hydrogen (secondary N) is 1. The highest BCUT2D eigenvalue weighted by atomic mass is 35.5. The number of halogens is 3. The zero-order valence-electron chi connectivity index (χ0n) is 23.7. The molecule has 0 fully saturated rings. The largest absolute Gasteiger partial charge is 0.354 e. The Morgan fingerprint density at radius 3 is 2.29 bits per heavy atom. The van der Waals surface area contributed by atoms with Crippen LogP contribution < -0.4 is 9.62 Å². The molecule has 1 N–H and O–H groups in total. The molecular formula is C31H36ClF2N3O4S. The molecule has 3 rings (SSSR count). The number of rotatable bonds is 15. The minimum atomic E-state index is -3.87. The summed E-state index contributed by atoms with van der Waals surface area (Å²) in [6.07, 6.45) is 2.86. The molecule has 226 valence electrons. The monoisotopic (exact) mass is 619 g/mol. The van der Waals surface area contributed by atoms with Gasteiger partial charge in [0, 0.05) is 43.6 Å². The summed E-state index contributed by atoms with van der Waals surface area (Å²) in [6, 6.07) is 18.4. The number of carbonyl (C=O) groups excluding carboxylic acids is 2. The van der Waals surface area contributed by atoms with Crippen LogP contribution in [0.1, 0.15) is 43.7 Å². The van der Waals surface area contributed by atoms with Gasteiger partial charge in [-0.15, -0.1) is 0 Å². The van der Waals surface area contributed by atoms with Crippen LogP contribution in [0.25, 0.3) is 0 Å². The fraction of sp³-hybridized carbons (Fsp3) is 0.355. The number of hydrogen-bond acceptors (Lipinski definition) is 4. The van der Waals surface area contributed by atoms with Crippen LogP contribution in [-0.2, 0) is 32.6 Å². The van der Waals surface area contributed by atoms with Crippen molar-refractivity contribution in [2.45, 2.75) is 51.6 Å². The van der Waals surface area contributed by atoms with E-state index in [0.29, 0.717) is 17.1 Å². The van der Waals surface area contributed by atoms with Crippen molar-refractivity contribution in [1.29, 1.82) is 0 Å². The number of hydrogen-bond donors (Lipinski definition) is 1. The van der Waals surface area contributed by atoms with Crippen LogP contribution in [-0.4, -0.2) is 50.5 Å². The maximum atomic E-state index is 13.9. The number of amides is 2. The van der Waals surface area contributed by atoms with Gasteiger partial charge in [-0.3, -0.25) is 13.9 Å². The number of sulfonamides is 1. The second kappa shape index (κ2) is 15.7. The van der Waals surface area contributed by atoms with Crippen LogP contribution in [0.4, 0.5) is 14.5 Å². The molecule has 0 bridgehead atoms. The summed E-state index contributed by atoms with van der Waals surface area (Å²) in [4.78, 5) is 28.8. The Bertz CT molecular complexity index is 1460. The molecule has 42 heavy (non-hydrogen) atoms. The molecule has 0 aliphatic rings. The van der Waals surface area contributed by atoms with Gasteiger partial charge in [0.15, 0.2) is 11.6 Å². The Labute approximate surface area is 251 Å². The predicted octanol–water partition coefficient (Wildman–Crippen LogP) is 5.72. The highest BCUT2D eigenvalue weighted by Gasteiger charge is 2.31. The van der Waals surface area contributed by atoms with E-state index in [4.69, 9.17) is 11.6 Å². The first-order valence-electron chi connectivity index (χ1n) is 13.8. The van der Waals surface area contributed by atoms with Crippen molar-refractivity contribution in [2.75, 3.05) is 23.7 Å². The Morgan fingerprint density at radius 1 is 0.952 bits per heavy atom. The standard InChI is InChI=1S/C31H36ClF2N3O4S/c1-3-4-18-35-31(39)29(20-23-11-6-5-7-12-23)36(22-24-13-8-9-14-26(24)32)30(38)15-10-19-37(42(2,40)41)25-16-17-27(33)28(34)21-25/h5-9,11-14,16-17,21,29H,3-4,10,15,18-20,22H2,1-2H3,(H,35,39). The molecule has 0 heterocycles. The molecule has 0 aromatic heterocycles. The van der Waals surface area contributed by atoms with Crippen molar-refractivity contribution in [3.05, 3.63) is 101 Å². The Hall–Kier alpha value is -3.50. The summed E-state index contributed by atoms with van der Waals surface area (Å²) in [7, 11) is -3.87. The molecular weight excluding hydrogens is 584 g/mol. The third-order valence-electron chi connectivity index (χ3n) is 6.74. The molecule has 0 spiro atoms. The molecule has 1 unspecified atom stereocenters. The number of anilines is 1. The minimum absolute atomic E-state index is 0.0472. The zero-order valence-corrected chi connectivity index (χ0v) is 25.3. The maximum Gasteiger partial charge on any atom is 0.243 e. The SMILES string of the molecule is CCCCNC(=O)C(Cc1ccccc1)N(Cc1ccccc1Cl)C(=O)CCCN(c1ccc(F)c(F)c1)S(C)(=O)=O. The summed E-state index contributed by atoms with van der Waals surface area (Å²) >= 11 is 6.44. The quantitative estimate of drug-likeness (QED) is 0.221. The van der Waals surface area contributed by atoms with Gasteiger partial charge >= 0.3 is 0 Å². The zero-order chi connectivity index (χ0) is 30.7. The lowest BCUT2D eigenvalue weighted by Gasteiger charge is -2.32. The second-order valence-electron chi connectivity index (χ2n) is 10.0. The second-order valence-corrected chi connectivity index (χ2v) is 12.3. The van der Waals surface area contributed by atoms with Crippen LogP contribution in [0, 0.1) is 11.6 Å². The average molecular weight is 620 g/mol. The van der Waals surface area contributed by atoms with Crippen LogP contribution >= 0.6 is 11.6 Å². The fourth-order valence-corrected chi connectivity index (χ4v) is 5.67. The molecule has 7 nitrogen and oxygen atoms in total. The third kappa shape index (κ3) is 9.52. The Kier molecular flexibility index (Phi) is 12.3. The van der Waals surface area contributed by atoms with E-state index in [1.165, 1.54) is 11.0 Å². The van der Waals surface area contributed by atoms with Crippen molar-refractivity contribution in [3.63, 3.8) is 0 Å². The molecule has 2 amide bonds. The molecule has 0 aliphatic carbocycles. The average Bonchev–Trinajstić information content (AvgIpc) is 2.95. The highest BCUT2D eigenvalue weighted by Crippen LogP contribution is 2.23. The first kappa shape index (κ1) is 33.0. The van der Waals surface area contributed by atoms with E-state index < -0.39 is 27.7 Å². The van der Waals surface area contributed by atoms with E-state index in [0.717, 1.165) is 41.1 Å². The van der Waals surface area contributed by atoms with E-state index in [-0.39, 0.29) is 49.9 Å². The van der Waals surface area contributed by atoms with Crippen LogP contribution in [0.15, 0.2) is 72.8 Å². The minimum Gasteiger partial charge on any atom is -0.354 e. The van der Waals surface area contributed by atoms with Crippen molar-refractivity contribution in [2.24, 2.45) is 0 Å². The van der Waals surface area contributed by atoms with E-state index in [1.54, 1.807) is 24.3 Å². The smallest absolute Gasteiger partial charge is 0.243 e. The predicted molar refractivity (Wildman–Crippen MR) is 162 cm³/mol. The van der Waals surface area contributed by atoms with Gasteiger partial charge < -0.3 is 10.2 Å².